The predicted octanol–water partition coefficient (Wildman–Crippen LogP) is 3.13. The first kappa shape index (κ1) is 17.1. The molecule has 0 aromatic carbocycles. The minimum Gasteiger partial charge on any atom is -0.337 e. The summed E-state index contributed by atoms with van der Waals surface area (Å²) in [7, 11) is 0. The molecule has 0 atom stereocenters. The van der Waals surface area contributed by atoms with Gasteiger partial charge < -0.3 is 4.90 Å². The van der Waals surface area contributed by atoms with Crippen molar-refractivity contribution in [2.75, 3.05) is 26.2 Å². The van der Waals surface area contributed by atoms with E-state index in [1.807, 2.05) is 17.0 Å². The number of carbonyl (C=O) groups is 1. The summed E-state index contributed by atoms with van der Waals surface area (Å²) >= 11 is 11.9. The number of rotatable bonds is 3. The van der Waals surface area contributed by atoms with Gasteiger partial charge in [-0.3, -0.25) is 14.7 Å². The van der Waals surface area contributed by atoms with E-state index in [-0.39, 0.29) is 5.91 Å². The molecule has 5 nitrogen and oxygen atoms in total. The number of aromatic nitrogens is 2. The van der Waals surface area contributed by atoms with Crippen LogP contribution in [0.2, 0.25) is 10.3 Å². The van der Waals surface area contributed by atoms with Crippen molar-refractivity contribution in [2.24, 2.45) is 0 Å². The summed E-state index contributed by atoms with van der Waals surface area (Å²) in [5.74, 6) is 0.0641. The molecular formula is C17H18Cl2N4O. The molecule has 0 spiro atoms. The van der Waals surface area contributed by atoms with Crippen LogP contribution in [0.1, 0.15) is 22.3 Å². The van der Waals surface area contributed by atoms with Gasteiger partial charge >= 0.3 is 0 Å². The zero-order valence-electron chi connectivity index (χ0n) is 13.2. The molecule has 1 saturated heterocycles. The average Bonchev–Trinajstić information content (AvgIpc) is 2.80. The Balaban J connectivity index is 1.62. The van der Waals surface area contributed by atoms with Crippen molar-refractivity contribution < 1.29 is 4.79 Å². The number of hydrogen-bond donors (Lipinski definition) is 0. The van der Waals surface area contributed by atoms with E-state index < -0.39 is 0 Å². The number of halogens is 2. The Morgan fingerprint density at radius 1 is 1.04 bits per heavy atom. The first-order valence-electron chi connectivity index (χ1n) is 7.85. The summed E-state index contributed by atoms with van der Waals surface area (Å²) in [6.07, 6.45) is 4.23. The molecule has 0 saturated carbocycles. The number of carbonyl (C=O) groups excluding carboxylic acids is 1. The van der Waals surface area contributed by atoms with Crippen molar-refractivity contribution in [3.05, 3.63) is 58.1 Å². The van der Waals surface area contributed by atoms with Gasteiger partial charge in [0.05, 0.1) is 0 Å². The second-order valence-electron chi connectivity index (χ2n) is 5.78. The van der Waals surface area contributed by atoms with Gasteiger partial charge in [-0.1, -0.05) is 23.2 Å². The summed E-state index contributed by atoms with van der Waals surface area (Å²) in [4.78, 5) is 24.7. The van der Waals surface area contributed by atoms with Gasteiger partial charge in [-0.15, -0.1) is 0 Å². The van der Waals surface area contributed by atoms with Gasteiger partial charge in [0.25, 0.3) is 5.91 Å². The maximum Gasteiger partial charge on any atom is 0.254 e. The fourth-order valence-electron chi connectivity index (χ4n) is 2.87. The first-order valence-corrected chi connectivity index (χ1v) is 8.61. The third-order valence-electron chi connectivity index (χ3n) is 4.03. The molecule has 24 heavy (non-hydrogen) atoms. The molecule has 3 rings (SSSR count). The van der Waals surface area contributed by atoms with E-state index in [1.165, 1.54) is 0 Å². The third kappa shape index (κ3) is 4.44. The maximum absolute atomic E-state index is 12.5. The number of hydrogen-bond acceptors (Lipinski definition) is 4. The fraction of sp³-hybridized carbons (Fsp3) is 0.353. The molecule has 0 unspecified atom stereocenters. The van der Waals surface area contributed by atoms with Crippen molar-refractivity contribution in [3.63, 3.8) is 0 Å². The monoisotopic (exact) mass is 364 g/mol. The molecule has 1 aliphatic heterocycles. The van der Waals surface area contributed by atoms with Gasteiger partial charge in [0, 0.05) is 50.7 Å². The van der Waals surface area contributed by atoms with E-state index in [4.69, 9.17) is 23.2 Å². The van der Waals surface area contributed by atoms with E-state index in [0.29, 0.717) is 22.4 Å². The molecule has 0 bridgehead atoms. The van der Waals surface area contributed by atoms with Crippen LogP contribution in [0.3, 0.4) is 0 Å². The summed E-state index contributed by atoms with van der Waals surface area (Å²) in [5, 5.41) is 0.809. The first-order chi connectivity index (χ1) is 11.6. The van der Waals surface area contributed by atoms with Crippen LogP contribution in [0, 0.1) is 0 Å². The highest BCUT2D eigenvalue weighted by Crippen LogP contribution is 2.17. The third-order valence-corrected chi connectivity index (χ3v) is 4.42. The lowest BCUT2D eigenvalue weighted by Crippen LogP contribution is -2.35. The quantitative estimate of drug-likeness (QED) is 0.785. The molecule has 1 fully saturated rings. The normalized spacial score (nSPS) is 16.0. The minimum absolute atomic E-state index is 0.0641. The highest BCUT2D eigenvalue weighted by atomic mass is 35.5. The Hall–Kier alpha value is -1.69. The van der Waals surface area contributed by atoms with Crippen LogP contribution in [0.25, 0.3) is 0 Å². The van der Waals surface area contributed by atoms with Gasteiger partial charge in [-0.25, -0.2) is 4.98 Å². The van der Waals surface area contributed by atoms with Crippen LogP contribution in [-0.2, 0) is 6.54 Å². The highest BCUT2D eigenvalue weighted by Gasteiger charge is 2.20. The Bertz CT molecular complexity index is 691. The molecule has 0 aliphatic carbocycles. The van der Waals surface area contributed by atoms with Crippen LogP contribution in [0.5, 0.6) is 0 Å². The van der Waals surface area contributed by atoms with E-state index >= 15 is 0 Å². The zero-order chi connectivity index (χ0) is 16.9. The molecule has 126 valence electrons. The molecule has 2 aromatic rings. The van der Waals surface area contributed by atoms with Gasteiger partial charge in [0.2, 0.25) is 0 Å². The number of amides is 1. The van der Waals surface area contributed by atoms with Gasteiger partial charge in [0.15, 0.2) is 0 Å². The van der Waals surface area contributed by atoms with Crippen molar-refractivity contribution in [1.29, 1.82) is 0 Å². The Morgan fingerprint density at radius 2 is 1.75 bits per heavy atom. The fourth-order valence-corrected chi connectivity index (χ4v) is 3.38. The zero-order valence-corrected chi connectivity index (χ0v) is 14.7. The van der Waals surface area contributed by atoms with Crippen LogP contribution in [-0.4, -0.2) is 51.9 Å². The lowest BCUT2D eigenvalue weighted by Gasteiger charge is -2.22. The largest absolute Gasteiger partial charge is 0.337 e. The smallest absolute Gasteiger partial charge is 0.254 e. The van der Waals surface area contributed by atoms with E-state index in [1.54, 1.807) is 24.5 Å². The van der Waals surface area contributed by atoms with E-state index in [2.05, 4.69) is 14.9 Å². The Morgan fingerprint density at radius 3 is 2.46 bits per heavy atom. The number of nitrogens with zero attached hydrogens (tertiary/aromatic N) is 4. The average molecular weight is 365 g/mol. The minimum atomic E-state index is 0.0641. The lowest BCUT2D eigenvalue weighted by atomic mass is 10.2. The van der Waals surface area contributed by atoms with Gasteiger partial charge in [0.1, 0.15) is 10.3 Å². The van der Waals surface area contributed by atoms with Crippen molar-refractivity contribution in [3.8, 4) is 0 Å². The van der Waals surface area contributed by atoms with Crippen LogP contribution in [0.4, 0.5) is 0 Å². The summed E-state index contributed by atoms with van der Waals surface area (Å²) in [6.45, 7) is 3.95. The predicted molar refractivity (Wildman–Crippen MR) is 94.3 cm³/mol. The Labute approximate surface area is 151 Å². The standard InChI is InChI=1S/C17H18Cl2N4O/c18-15-10-13(11-16(19)21-15)12-22-6-1-7-23(9-8-22)17(24)14-2-4-20-5-3-14/h2-5,10-11H,1,6-9,12H2. The SMILES string of the molecule is O=C(c1ccncc1)N1CCCN(Cc2cc(Cl)nc(Cl)c2)CC1. The molecule has 7 heteroatoms. The summed E-state index contributed by atoms with van der Waals surface area (Å²) < 4.78 is 0. The summed E-state index contributed by atoms with van der Waals surface area (Å²) in [5.41, 5.74) is 1.72. The highest BCUT2D eigenvalue weighted by molar-refractivity contribution is 6.32. The molecule has 1 amide bonds. The van der Waals surface area contributed by atoms with Crippen LogP contribution < -0.4 is 0 Å². The van der Waals surface area contributed by atoms with E-state index in [9.17, 15) is 4.79 Å². The van der Waals surface area contributed by atoms with Crippen molar-refractivity contribution >= 4 is 29.1 Å². The van der Waals surface area contributed by atoms with Gasteiger partial charge in [-0.05, 0) is 36.2 Å². The van der Waals surface area contributed by atoms with Crippen molar-refractivity contribution in [2.45, 2.75) is 13.0 Å². The molecule has 0 N–H and O–H groups in total. The number of pyridine rings is 2. The Kier molecular flexibility index (Phi) is 5.66. The maximum atomic E-state index is 12.5. The van der Waals surface area contributed by atoms with Crippen LogP contribution in [0.15, 0.2) is 36.7 Å². The van der Waals surface area contributed by atoms with E-state index in [0.717, 1.165) is 38.2 Å². The van der Waals surface area contributed by atoms with Gasteiger partial charge in [-0.2, -0.15) is 0 Å². The lowest BCUT2D eigenvalue weighted by molar-refractivity contribution is 0.0761. The van der Waals surface area contributed by atoms with Crippen molar-refractivity contribution in [1.82, 2.24) is 19.8 Å². The molecule has 1 aliphatic rings. The molecule has 2 aromatic heterocycles. The van der Waals surface area contributed by atoms with Crippen LogP contribution >= 0.6 is 23.2 Å². The molecule has 0 radical (unpaired) electrons. The molecular weight excluding hydrogens is 347 g/mol. The molecule has 3 heterocycles. The summed E-state index contributed by atoms with van der Waals surface area (Å²) in [6, 6.07) is 7.17. The second kappa shape index (κ2) is 7.92. The topological polar surface area (TPSA) is 49.3 Å². The second-order valence-corrected chi connectivity index (χ2v) is 6.55.